The molecule has 0 bridgehead atoms. The van der Waals surface area contributed by atoms with Crippen molar-refractivity contribution in [3.63, 3.8) is 0 Å². The zero-order chi connectivity index (χ0) is 12.1. The Bertz CT molecular complexity index is 469. The van der Waals surface area contributed by atoms with Crippen LogP contribution in [0.1, 0.15) is 12.6 Å². The number of likely N-dealkylation sites (N-methyl/N-ethyl adjacent to an activating group) is 1. The van der Waals surface area contributed by atoms with Gasteiger partial charge in [0, 0.05) is 19.2 Å². The minimum absolute atomic E-state index is 0. The Hall–Kier alpha value is -1.46. The van der Waals surface area contributed by atoms with Gasteiger partial charge in [-0.25, -0.2) is 14.1 Å². The van der Waals surface area contributed by atoms with Crippen LogP contribution in [0.2, 0.25) is 0 Å². The first-order valence-electron chi connectivity index (χ1n) is 5.67. The van der Waals surface area contributed by atoms with E-state index < -0.39 is 0 Å². The number of rotatable bonds is 5. The largest absolute Gasteiger partial charge is 0.317 e. The van der Waals surface area contributed by atoms with Gasteiger partial charge in [0.2, 0.25) is 0 Å². The third kappa shape index (κ3) is 3.78. The van der Waals surface area contributed by atoms with E-state index in [0.717, 1.165) is 25.2 Å². The monoisotopic (exact) mass is 270 g/mol. The van der Waals surface area contributed by atoms with Gasteiger partial charge in [0.1, 0.15) is 5.82 Å². The van der Waals surface area contributed by atoms with Crippen molar-refractivity contribution in [1.82, 2.24) is 20.1 Å². The lowest BCUT2D eigenvalue weighted by Gasteiger charge is -2.00. The molecular formula is C12H16ClFN4. The zero-order valence-electron chi connectivity index (χ0n) is 10.1. The highest BCUT2D eigenvalue weighted by Gasteiger charge is 2.02. The van der Waals surface area contributed by atoms with Crippen LogP contribution >= 0.6 is 12.4 Å². The molecule has 0 aliphatic rings. The molecule has 2 aromatic rings. The molecule has 0 atom stereocenters. The Labute approximate surface area is 112 Å². The fourth-order valence-corrected chi connectivity index (χ4v) is 1.52. The maximum Gasteiger partial charge on any atom is 0.153 e. The van der Waals surface area contributed by atoms with E-state index in [2.05, 4.69) is 22.3 Å². The molecule has 0 amide bonds. The van der Waals surface area contributed by atoms with E-state index in [1.165, 1.54) is 12.3 Å². The standard InChI is InChI=1S/C12H15FN4.ClH/c1-2-14-7-5-11-6-8-17(16-11)12-4-3-10(13)9-15-12;/h3-4,6,8-9,14H,2,5,7H2,1H3;1H. The molecule has 98 valence electrons. The van der Waals surface area contributed by atoms with Crippen molar-refractivity contribution < 1.29 is 4.39 Å². The van der Waals surface area contributed by atoms with Crippen LogP contribution in [0.15, 0.2) is 30.6 Å². The van der Waals surface area contributed by atoms with Crippen LogP contribution in [0.4, 0.5) is 4.39 Å². The predicted octanol–water partition coefficient (Wildman–Crippen LogP) is 1.98. The minimum atomic E-state index is -0.340. The van der Waals surface area contributed by atoms with Gasteiger partial charge in [0.25, 0.3) is 0 Å². The average Bonchev–Trinajstić information content (AvgIpc) is 2.79. The Balaban J connectivity index is 0.00000162. The fourth-order valence-electron chi connectivity index (χ4n) is 1.52. The van der Waals surface area contributed by atoms with Crippen LogP contribution in [-0.2, 0) is 6.42 Å². The summed E-state index contributed by atoms with van der Waals surface area (Å²) in [5.41, 5.74) is 0.997. The lowest BCUT2D eigenvalue weighted by atomic mass is 10.3. The molecular weight excluding hydrogens is 255 g/mol. The van der Waals surface area contributed by atoms with E-state index in [-0.39, 0.29) is 18.2 Å². The van der Waals surface area contributed by atoms with Gasteiger partial charge in [-0.3, -0.25) is 0 Å². The van der Waals surface area contributed by atoms with Gasteiger partial charge in [-0.2, -0.15) is 5.10 Å². The molecule has 4 nitrogen and oxygen atoms in total. The topological polar surface area (TPSA) is 42.7 Å². The van der Waals surface area contributed by atoms with E-state index in [9.17, 15) is 4.39 Å². The van der Waals surface area contributed by atoms with Gasteiger partial charge in [-0.05, 0) is 24.7 Å². The van der Waals surface area contributed by atoms with Gasteiger partial charge >= 0.3 is 0 Å². The highest BCUT2D eigenvalue weighted by atomic mass is 35.5. The van der Waals surface area contributed by atoms with Crippen molar-refractivity contribution >= 4 is 12.4 Å². The molecule has 0 spiro atoms. The Morgan fingerprint density at radius 1 is 1.33 bits per heavy atom. The Kier molecular flexibility index (Phi) is 5.74. The molecule has 2 aromatic heterocycles. The van der Waals surface area contributed by atoms with Crippen LogP contribution < -0.4 is 5.32 Å². The fraction of sp³-hybridized carbons (Fsp3) is 0.333. The smallest absolute Gasteiger partial charge is 0.153 e. The maximum atomic E-state index is 12.7. The van der Waals surface area contributed by atoms with Crippen LogP contribution in [-0.4, -0.2) is 27.9 Å². The third-order valence-corrected chi connectivity index (χ3v) is 2.40. The molecule has 6 heteroatoms. The first-order valence-corrected chi connectivity index (χ1v) is 5.67. The van der Waals surface area contributed by atoms with Crippen molar-refractivity contribution in [3.05, 3.63) is 42.1 Å². The highest BCUT2D eigenvalue weighted by Crippen LogP contribution is 2.05. The predicted molar refractivity (Wildman–Crippen MR) is 70.8 cm³/mol. The second kappa shape index (κ2) is 7.08. The van der Waals surface area contributed by atoms with Crippen LogP contribution in [0.3, 0.4) is 0 Å². The minimum Gasteiger partial charge on any atom is -0.317 e. The summed E-state index contributed by atoms with van der Waals surface area (Å²) in [4.78, 5) is 3.97. The summed E-state index contributed by atoms with van der Waals surface area (Å²) in [5, 5.41) is 7.61. The highest BCUT2D eigenvalue weighted by molar-refractivity contribution is 5.85. The summed E-state index contributed by atoms with van der Waals surface area (Å²) in [6.45, 7) is 3.94. The van der Waals surface area contributed by atoms with Gasteiger partial charge in [-0.1, -0.05) is 6.92 Å². The molecule has 18 heavy (non-hydrogen) atoms. The van der Waals surface area contributed by atoms with E-state index in [4.69, 9.17) is 0 Å². The lowest BCUT2D eigenvalue weighted by Crippen LogP contribution is -2.16. The van der Waals surface area contributed by atoms with E-state index in [0.29, 0.717) is 5.82 Å². The molecule has 0 saturated carbocycles. The van der Waals surface area contributed by atoms with Gasteiger partial charge in [0.15, 0.2) is 5.82 Å². The quantitative estimate of drug-likeness (QED) is 0.845. The summed E-state index contributed by atoms with van der Waals surface area (Å²) in [5.74, 6) is 0.286. The van der Waals surface area contributed by atoms with Crippen molar-refractivity contribution in [2.75, 3.05) is 13.1 Å². The van der Waals surface area contributed by atoms with Crippen LogP contribution in [0, 0.1) is 5.82 Å². The van der Waals surface area contributed by atoms with Gasteiger partial charge in [-0.15, -0.1) is 12.4 Å². The SMILES string of the molecule is CCNCCc1ccn(-c2ccc(F)cn2)n1.Cl. The van der Waals surface area contributed by atoms with Crippen molar-refractivity contribution in [1.29, 1.82) is 0 Å². The number of aromatic nitrogens is 3. The molecule has 2 heterocycles. The molecule has 0 fully saturated rings. The van der Waals surface area contributed by atoms with E-state index >= 15 is 0 Å². The number of halogens is 2. The molecule has 2 rings (SSSR count). The van der Waals surface area contributed by atoms with Gasteiger partial charge in [0.05, 0.1) is 11.9 Å². The Morgan fingerprint density at radius 3 is 2.83 bits per heavy atom. The second-order valence-corrected chi connectivity index (χ2v) is 3.69. The molecule has 0 saturated heterocycles. The second-order valence-electron chi connectivity index (χ2n) is 3.69. The molecule has 1 N–H and O–H groups in total. The van der Waals surface area contributed by atoms with Crippen LogP contribution in [0.25, 0.3) is 5.82 Å². The van der Waals surface area contributed by atoms with Gasteiger partial charge < -0.3 is 5.32 Å². The molecule has 0 aliphatic heterocycles. The number of hydrogen-bond donors (Lipinski definition) is 1. The molecule has 0 aromatic carbocycles. The van der Waals surface area contributed by atoms with Crippen molar-refractivity contribution in [2.45, 2.75) is 13.3 Å². The van der Waals surface area contributed by atoms with Crippen LogP contribution in [0.5, 0.6) is 0 Å². The number of nitrogens with one attached hydrogen (secondary N) is 1. The molecule has 0 radical (unpaired) electrons. The summed E-state index contributed by atoms with van der Waals surface area (Å²) in [6, 6.07) is 4.93. The molecule has 0 unspecified atom stereocenters. The lowest BCUT2D eigenvalue weighted by molar-refractivity contribution is 0.619. The zero-order valence-corrected chi connectivity index (χ0v) is 11.0. The average molecular weight is 271 g/mol. The first kappa shape index (κ1) is 14.6. The third-order valence-electron chi connectivity index (χ3n) is 2.40. The summed E-state index contributed by atoms with van der Waals surface area (Å²) in [7, 11) is 0. The summed E-state index contributed by atoms with van der Waals surface area (Å²) >= 11 is 0. The van der Waals surface area contributed by atoms with Crippen molar-refractivity contribution in [3.8, 4) is 5.82 Å². The number of nitrogens with zero attached hydrogens (tertiary/aromatic N) is 3. The van der Waals surface area contributed by atoms with Crippen molar-refractivity contribution in [2.24, 2.45) is 0 Å². The number of hydrogen-bond acceptors (Lipinski definition) is 3. The first-order chi connectivity index (χ1) is 8.29. The van der Waals surface area contributed by atoms with E-state index in [1.54, 1.807) is 10.7 Å². The normalized spacial score (nSPS) is 10.1. The summed E-state index contributed by atoms with van der Waals surface area (Å²) in [6.07, 6.45) is 3.90. The maximum absolute atomic E-state index is 12.7. The molecule has 0 aliphatic carbocycles. The summed E-state index contributed by atoms with van der Waals surface area (Å²) < 4.78 is 14.4. The van der Waals surface area contributed by atoms with E-state index in [1.807, 2.05) is 12.3 Å². The number of pyridine rings is 1. The Morgan fingerprint density at radius 2 is 2.17 bits per heavy atom.